The van der Waals surface area contributed by atoms with Gasteiger partial charge in [-0.15, -0.1) is 0 Å². The van der Waals surface area contributed by atoms with Crippen LogP contribution in [0.5, 0.6) is 0 Å². The highest BCUT2D eigenvalue weighted by atomic mass is 16.3. The number of hydrogen-bond acceptors (Lipinski definition) is 3. The lowest BCUT2D eigenvalue weighted by Gasteiger charge is -2.27. The summed E-state index contributed by atoms with van der Waals surface area (Å²) < 4.78 is 0. The lowest BCUT2D eigenvalue weighted by atomic mass is 9.82. The van der Waals surface area contributed by atoms with E-state index in [0.29, 0.717) is 11.4 Å². The molecular formula is C40H32N4O. The molecule has 5 heteroatoms. The standard InChI is InChI=1S/C40H32N4O/c1-39(2)33-22-18-29(41-33)37(26-12-6-3-7-13-26)31-20-24-35(43-31)40(45,28-16-10-5-11-17-28)36-25-21-32(44-36)38(27-14-8-4-9-15-27)30-19-23-34(39)42-30/h3-25,43-45H,1-2H3/b37-29-,38-30-. The molecule has 0 fully saturated rings. The molecule has 8 rings (SSSR count). The van der Waals surface area contributed by atoms with Crippen molar-refractivity contribution in [3.05, 3.63) is 190 Å². The quantitative estimate of drug-likeness (QED) is 0.196. The van der Waals surface area contributed by atoms with E-state index in [9.17, 15) is 5.11 Å². The van der Waals surface area contributed by atoms with Gasteiger partial charge >= 0.3 is 0 Å². The number of rotatable bonds is 3. The zero-order valence-corrected chi connectivity index (χ0v) is 25.1. The Bertz CT molecular complexity index is 1990. The SMILES string of the molecule is CC1(C)C2=N/C(=C(/c3ccccc3)c3ccc([nH]3)C(O)(c3ccccc3)c3ccc([nH]3)/C(c3ccccc3)=C3/C=CC1=N3)C=C2. The molecule has 3 aromatic carbocycles. The Morgan fingerprint density at radius 1 is 0.511 bits per heavy atom. The van der Waals surface area contributed by atoms with E-state index in [2.05, 4.69) is 72.4 Å². The number of H-pyrrole nitrogens is 2. The van der Waals surface area contributed by atoms with Gasteiger partial charge in [0.2, 0.25) is 0 Å². The summed E-state index contributed by atoms with van der Waals surface area (Å²) >= 11 is 0. The fraction of sp³-hybridized carbons (Fsp3) is 0.100. The van der Waals surface area contributed by atoms with Gasteiger partial charge in [0.05, 0.1) is 34.2 Å². The monoisotopic (exact) mass is 584 g/mol. The maximum Gasteiger partial charge on any atom is 0.169 e. The van der Waals surface area contributed by atoms with Crippen molar-refractivity contribution in [2.75, 3.05) is 0 Å². The number of fused-ring (bicyclic) bond motifs is 6. The topological polar surface area (TPSA) is 76.5 Å². The molecule has 0 unspecified atom stereocenters. The minimum atomic E-state index is -1.49. The number of nitrogens with one attached hydrogen (secondary N) is 2. The van der Waals surface area contributed by atoms with Crippen LogP contribution >= 0.6 is 0 Å². The molecule has 0 saturated carbocycles. The number of aromatic nitrogens is 2. The molecule has 3 aliphatic rings. The molecule has 218 valence electrons. The van der Waals surface area contributed by atoms with Gasteiger partial charge in [-0.25, -0.2) is 0 Å². The van der Waals surface area contributed by atoms with Crippen molar-refractivity contribution in [2.24, 2.45) is 15.4 Å². The van der Waals surface area contributed by atoms with Crippen molar-refractivity contribution in [3.8, 4) is 0 Å². The number of benzene rings is 3. The van der Waals surface area contributed by atoms with Crippen molar-refractivity contribution >= 4 is 22.6 Å². The predicted octanol–water partition coefficient (Wildman–Crippen LogP) is 8.21. The molecule has 0 amide bonds. The van der Waals surface area contributed by atoms with Crippen LogP contribution in [-0.2, 0) is 5.60 Å². The number of hydrogen-bond donors (Lipinski definition) is 3. The van der Waals surface area contributed by atoms with Crippen LogP contribution < -0.4 is 0 Å². The van der Waals surface area contributed by atoms with Gasteiger partial charge in [0.25, 0.3) is 0 Å². The third-order valence-corrected chi connectivity index (χ3v) is 9.08. The molecule has 0 atom stereocenters. The van der Waals surface area contributed by atoms with Gasteiger partial charge in [0, 0.05) is 27.9 Å². The van der Waals surface area contributed by atoms with E-state index >= 15 is 0 Å². The van der Waals surface area contributed by atoms with Crippen molar-refractivity contribution < 1.29 is 5.11 Å². The maximum atomic E-state index is 12.8. The second kappa shape index (κ2) is 10.3. The van der Waals surface area contributed by atoms with Crippen LogP contribution in [0.4, 0.5) is 0 Å². The number of nitrogens with zero attached hydrogens (tertiary/aromatic N) is 2. The average Bonchev–Trinajstić information content (AvgIpc) is 3.90. The Labute approximate surface area is 262 Å². The Morgan fingerprint density at radius 3 is 1.38 bits per heavy atom. The van der Waals surface area contributed by atoms with Gasteiger partial charge in [0.15, 0.2) is 5.60 Å². The van der Waals surface area contributed by atoms with E-state index < -0.39 is 11.0 Å². The molecule has 5 nitrogen and oxygen atoms in total. The van der Waals surface area contributed by atoms with Crippen molar-refractivity contribution in [3.63, 3.8) is 0 Å². The molecule has 0 saturated heterocycles. The summed E-state index contributed by atoms with van der Waals surface area (Å²) in [5, 5.41) is 12.8. The zero-order chi connectivity index (χ0) is 30.6. The second-order valence-electron chi connectivity index (χ2n) is 12.2. The van der Waals surface area contributed by atoms with Crippen LogP contribution in [0.1, 0.15) is 53.3 Å². The first-order valence-corrected chi connectivity index (χ1v) is 15.2. The van der Waals surface area contributed by atoms with Gasteiger partial charge in [-0.2, -0.15) is 0 Å². The summed E-state index contributed by atoms with van der Waals surface area (Å²) in [5.41, 5.74) is 9.49. The number of aliphatic hydroxyl groups is 1. The molecule has 45 heavy (non-hydrogen) atoms. The first kappa shape index (κ1) is 27.1. The van der Waals surface area contributed by atoms with Crippen LogP contribution in [0.2, 0.25) is 0 Å². The highest BCUT2D eigenvalue weighted by molar-refractivity contribution is 6.22. The summed E-state index contributed by atoms with van der Waals surface area (Å²) in [5.74, 6) is 0. The van der Waals surface area contributed by atoms with Crippen LogP contribution in [0.3, 0.4) is 0 Å². The fourth-order valence-corrected chi connectivity index (χ4v) is 6.56. The highest BCUT2D eigenvalue weighted by Crippen LogP contribution is 2.41. The zero-order valence-electron chi connectivity index (χ0n) is 25.1. The molecule has 5 heterocycles. The fourth-order valence-electron chi connectivity index (χ4n) is 6.56. The maximum absolute atomic E-state index is 12.8. The molecule has 5 aromatic rings. The largest absolute Gasteiger partial charge is 0.373 e. The Morgan fingerprint density at radius 2 is 0.933 bits per heavy atom. The van der Waals surface area contributed by atoms with Gasteiger partial charge in [0.1, 0.15) is 0 Å². The van der Waals surface area contributed by atoms with E-state index in [-0.39, 0.29) is 0 Å². The number of aromatic amines is 2. The molecular weight excluding hydrogens is 552 g/mol. The normalized spacial score (nSPS) is 21.1. The molecule has 0 spiro atoms. The van der Waals surface area contributed by atoms with Crippen molar-refractivity contribution in [1.82, 2.24) is 9.97 Å². The molecule has 3 N–H and O–H groups in total. The van der Waals surface area contributed by atoms with Crippen LogP contribution in [-0.4, -0.2) is 26.5 Å². The lowest BCUT2D eigenvalue weighted by molar-refractivity contribution is 0.117. The average molecular weight is 585 g/mol. The summed E-state index contributed by atoms with van der Waals surface area (Å²) in [6.07, 6.45) is 8.38. The molecule has 8 bridgehead atoms. The van der Waals surface area contributed by atoms with E-state index in [4.69, 9.17) is 9.98 Å². The van der Waals surface area contributed by atoms with Crippen molar-refractivity contribution in [2.45, 2.75) is 19.4 Å². The summed E-state index contributed by atoms with van der Waals surface area (Å²) in [6.45, 7) is 4.36. The van der Waals surface area contributed by atoms with Crippen molar-refractivity contribution in [1.29, 1.82) is 0 Å². The van der Waals surface area contributed by atoms with Gasteiger partial charge in [-0.3, -0.25) is 9.98 Å². The second-order valence-corrected chi connectivity index (χ2v) is 12.2. The van der Waals surface area contributed by atoms with Gasteiger partial charge in [-0.05, 0) is 79.1 Å². The minimum absolute atomic E-state index is 0.438. The molecule has 0 aliphatic carbocycles. The molecule has 2 aromatic heterocycles. The Kier molecular flexibility index (Phi) is 6.19. The smallest absolute Gasteiger partial charge is 0.169 e. The first-order valence-electron chi connectivity index (χ1n) is 15.2. The summed E-state index contributed by atoms with van der Waals surface area (Å²) in [7, 11) is 0. The Hall–Kier alpha value is -5.52. The summed E-state index contributed by atoms with van der Waals surface area (Å²) in [4.78, 5) is 17.7. The minimum Gasteiger partial charge on any atom is -0.373 e. The van der Waals surface area contributed by atoms with E-state index in [1.807, 2.05) is 91.0 Å². The van der Waals surface area contributed by atoms with E-state index in [1.165, 1.54) is 0 Å². The Balaban J connectivity index is 1.44. The molecule has 0 radical (unpaired) electrons. The van der Waals surface area contributed by atoms with Crippen LogP contribution in [0.25, 0.3) is 11.1 Å². The van der Waals surface area contributed by atoms with Crippen LogP contribution in [0, 0.1) is 5.41 Å². The van der Waals surface area contributed by atoms with Gasteiger partial charge < -0.3 is 15.1 Å². The van der Waals surface area contributed by atoms with E-state index in [0.717, 1.165) is 62.0 Å². The third kappa shape index (κ3) is 4.35. The van der Waals surface area contributed by atoms with E-state index in [1.54, 1.807) is 0 Å². The lowest BCUT2D eigenvalue weighted by Crippen LogP contribution is -2.30. The predicted molar refractivity (Wildman–Crippen MR) is 182 cm³/mol. The third-order valence-electron chi connectivity index (χ3n) is 9.08. The van der Waals surface area contributed by atoms with Crippen LogP contribution in [0.15, 0.2) is 161 Å². The van der Waals surface area contributed by atoms with Gasteiger partial charge in [-0.1, -0.05) is 91.0 Å². The number of allylic oxidation sites excluding steroid dienone is 4. The highest BCUT2D eigenvalue weighted by Gasteiger charge is 2.38. The first-order chi connectivity index (χ1) is 21.9. The summed E-state index contributed by atoms with van der Waals surface area (Å²) in [6, 6.07) is 38.4. The number of aliphatic imine (C=N–C) groups is 2. The molecule has 3 aliphatic heterocycles.